The molecule has 31 heavy (non-hydrogen) atoms. The molecule has 6 heteroatoms. The molecule has 3 aromatic rings. The lowest BCUT2D eigenvalue weighted by Crippen LogP contribution is -2.39. The number of carbonyl (C=O) groups excluding carboxylic acids is 1. The third kappa shape index (κ3) is 6.55. The van der Waals surface area contributed by atoms with Gasteiger partial charge in [0.15, 0.2) is 11.6 Å². The number of nitrogens with zero attached hydrogens (tertiary/aromatic N) is 1. The van der Waals surface area contributed by atoms with Crippen molar-refractivity contribution in [3.05, 3.63) is 95.8 Å². The lowest BCUT2D eigenvalue weighted by molar-refractivity contribution is -0.122. The monoisotopic (exact) mass is 422 g/mol. The number of nitrogens with one attached hydrogen (secondary N) is 1. The van der Waals surface area contributed by atoms with E-state index in [1.165, 1.54) is 6.07 Å². The Morgan fingerprint density at radius 3 is 2.29 bits per heavy atom. The first-order valence-corrected chi connectivity index (χ1v) is 10.1. The Morgan fingerprint density at radius 1 is 0.968 bits per heavy atom. The Balaban J connectivity index is 1.58. The number of ether oxygens (including phenoxy) is 2. The first kappa shape index (κ1) is 22.3. The van der Waals surface area contributed by atoms with E-state index < -0.39 is 5.82 Å². The van der Waals surface area contributed by atoms with Gasteiger partial charge in [0.25, 0.3) is 0 Å². The molecule has 1 amide bonds. The van der Waals surface area contributed by atoms with Crippen LogP contribution in [0.15, 0.2) is 78.9 Å². The topological polar surface area (TPSA) is 50.8 Å². The Hall–Kier alpha value is -3.38. The van der Waals surface area contributed by atoms with Crippen molar-refractivity contribution >= 4 is 5.91 Å². The van der Waals surface area contributed by atoms with Crippen molar-refractivity contribution in [3.63, 3.8) is 0 Å². The van der Waals surface area contributed by atoms with Gasteiger partial charge in [0.1, 0.15) is 12.4 Å². The van der Waals surface area contributed by atoms with E-state index in [1.807, 2.05) is 66.5 Å². The van der Waals surface area contributed by atoms with Crippen molar-refractivity contribution < 1.29 is 18.7 Å². The van der Waals surface area contributed by atoms with E-state index in [4.69, 9.17) is 9.47 Å². The Kier molecular flexibility index (Phi) is 8.01. The van der Waals surface area contributed by atoms with E-state index in [-0.39, 0.29) is 30.9 Å². The minimum absolute atomic E-state index is 0.113. The second kappa shape index (κ2) is 11.1. The number of hydrogen-bond acceptors (Lipinski definition) is 4. The van der Waals surface area contributed by atoms with Crippen molar-refractivity contribution in [2.24, 2.45) is 0 Å². The van der Waals surface area contributed by atoms with Crippen LogP contribution in [0.2, 0.25) is 0 Å². The summed E-state index contributed by atoms with van der Waals surface area (Å²) in [5.41, 5.74) is 1.96. The van der Waals surface area contributed by atoms with E-state index in [2.05, 4.69) is 5.32 Å². The predicted molar refractivity (Wildman–Crippen MR) is 119 cm³/mol. The van der Waals surface area contributed by atoms with Crippen LogP contribution in [-0.4, -0.2) is 44.7 Å². The number of rotatable bonds is 10. The van der Waals surface area contributed by atoms with E-state index in [0.29, 0.717) is 6.54 Å². The predicted octanol–water partition coefficient (Wildman–Crippen LogP) is 4.05. The summed E-state index contributed by atoms with van der Waals surface area (Å²) >= 11 is 0. The highest BCUT2D eigenvalue weighted by Crippen LogP contribution is 2.24. The normalized spacial score (nSPS) is 11.7. The zero-order valence-electron chi connectivity index (χ0n) is 17.8. The molecule has 1 atom stereocenters. The molecule has 0 aromatic heterocycles. The second-order valence-electron chi connectivity index (χ2n) is 7.20. The fourth-order valence-corrected chi connectivity index (χ4v) is 3.21. The molecule has 3 rings (SSSR count). The lowest BCUT2D eigenvalue weighted by atomic mass is 9.98. The minimum Gasteiger partial charge on any atom is -0.497 e. The number of methoxy groups -OCH3 is 1. The molecule has 0 fully saturated rings. The molecule has 0 aliphatic carbocycles. The molecule has 0 spiro atoms. The largest absolute Gasteiger partial charge is 0.497 e. The molecule has 162 valence electrons. The third-order valence-corrected chi connectivity index (χ3v) is 4.87. The Bertz CT molecular complexity index is 964. The SMILES string of the molecule is COc1ccc([C@@H](NC(=O)CN(C)CCOc2ccccc2F)c2ccccc2)cc1. The first-order chi connectivity index (χ1) is 15.1. The highest BCUT2D eigenvalue weighted by molar-refractivity contribution is 5.79. The number of likely N-dealkylation sites (N-methyl/N-ethyl adjacent to an activating group) is 1. The van der Waals surface area contributed by atoms with E-state index in [0.717, 1.165) is 16.9 Å². The summed E-state index contributed by atoms with van der Waals surface area (Å²) < 4.78 is 24.3. The standard InChI is InChI=1S/C25H27FN2O3/c1-28(16-17-31-23-11-7-6-10-22(23)26)18-24(29)27-25(19-8-4-3-5-9-19)20-12-14-21(30-2)15-13-20/h3-15,25H,16-18H2,1-2H3,(H,27,29)/t25-/m0/s1. The van der Waals surface area contributed by atoms with Crippen LogP contribution in [0.4, 0.5) is 4.39 Å². The molecular formula is C25H27FN2O3. The average Bonchev–Trinajstić information content (AvgIpc) is 2.79. The molecule has 0 heterocycles. The van der Waals surface area contributed by atoms with Gasteiger partial charge in [-0.25, -0.2) is 4.39 Å². The molecule has 0 aliphatic heterocycles. The van der Waals surface area contributed by atoms with Crippen molar-refractivity contribution in [1.82, 2.24) is 10.2 Å². The van der Waals surface area contributed by atoms with Crippen LogP contribution < -0.4 is 14.8 Å². The molecule has 5 nitrogen and oxygen atoms in total. The van der Waals surface area contributed by atoms with Gasteiger partial charge in [-0.3, -0.25) is 9.69 Å². The summed E-state index contributed by atoms with van der Waals surface area (Å²) in [6, 6.07) is 23.5. The fourth-order valence-electron chi connectivity index (χ4n) is 3.21. The number of benzene rings is 3. The van der Waals surface area contributed by atoms with Crippen molar-refractivity contribution in [2.75, 3.05) is 33.9 Å². The highest BCUT2D eigenvalue weighted by Gasteiger charge is 2.18. The summed E-state index contributed by atoms with van der Waals surface area (Å²) in [5, 5.41) is 3.11. The molecular weight excluding hydrogens is 395 g/mol. The van der Waals surface area contributed by atoms with Gasteiger partial charge < -0.3 is 14.8 Å². The maximum absolute atomic E-state index is 13.6. The van der Waals surface area contributed by atoms with Crippen molar-refractivity contribution in [1.29, 1.82) is 0 Å². The third-order valence-electron chi connectivity index (χ3n) is 4.87. The number of amides is 1. The molecule has 0 bridgehead atoms. The molecule has 0 saturated heterocycles. The summed E-state index contributed by atoms with van der Waals surface area (Å²) in [6.07, 6.45) is 0. The van der Waals surface area contributed by atoms with Gasteiger partial charge in [0.05, 0.1) is 19.7 Å². The first-order valence-electron chi connectivity index (χ1n) is 10.1. The fraction of sp³-hybridized carbons (Fsp3) is 0.240. The Labute approximate surface area is 182 Å². The minimum atomic E-state index is -0.395. The van der Waals surface area contributed by atoms with Gasteiger partial charge >= 0.3 is 0 Å². The van der Waals surface area contributed by atoms with Crippen LogP contribution in [-0.2, 0) is 4.79 Å². The van der Waals surface area contributed by atoms with Gasteiger partial charge in [-0.05, 0) is 42.4 Å². The molecule has 0 aliphatic rings. The number of hydrogen-bond donors (Lipinski definition) is 1. The van der Waals surface area contributed by atoms with Crippen LogP contribution in [0.5, 0.6) is 11.5 Å². The van der Waals surface area contributed by atoms with E-state index in [9.17, 15) is 9.18 Å². The maximum atomic E-state index is 13.6. The summed E-state index contributed by atoms with van der Waals surface area (Å²) in [4.78, 5) is 14.6. The smallest absolute Gasteiger partial charge is 0.234 e. The van der Waals surface area contributed by atoms with E-state index >= 15 is 0 Å². The molecule has 0 unspecified atom stereocenters. The summed E-state index contributed by atoms with van der Waals surface area (Å²) in [5.74, 6) is 0.464. The number of carbonyl (C=O) groups is 1. The van der Waals surface area contributed by atoms with Crippen LogP contribution in [0.1, 0.15) is 17.2 Å². The zero-order chi connectivity index (χ0) is 22.1. The molecule has 0 radical (unpaired) electrons. The van der Waals surface area contributed by atoms with Crippen molar-refractivity contribution in [3.8, 4) is 11.5 Å². The highest BCUT2D eigenvalue weighted by atomic mass is 19.1. The van der Waals surface area contributed by atoms with Crippen LogP contribution >= 0.6 is 0 Å². The summed E-state index contributed by atoms with van der Waals surface area (Å²) in [7, 11) is 3.45. The van der Waals surface area contributed by atoms with Crippen molar-refractivity contribution in [2.45, 2.75) is 6.04 Å². The van der Waals surface area contributed by atoms with Crippen LogP contribution in [0, 0.1) is 5.82 Å². The lowest BCUT2D eigenvalue weighted by Gasteiger charge is -2.22. The number of para-hydroxylation sites is 1. The van der Waals surface area contributed by atoms with Crippen LogP contribution in [0.25, 0.3) is 0 Å². The number of halogens is 1. The van der Waals surface area contributed by atoms with Gasteiger partial charge in [-0.1, -0.05) is 54.6 Å². The molecule has 1 N–H and O–H groups in total. The maximum Gasteiger partial charge on any atom is 0.234 e. The van der Waals surface area contributed by atoms with Gasteiger partial charge in [0, 0.05) is 6.54 Å². The quantitative estimate of drug-likeness (QED) is 0.536. The summed E-state index contributed by atoms with van der Waals surface area (Å²) in [6.45, 7) is 0.964. The van der Waals surface area contributed by atoms with Crippen LogP contribution in [0.3, 0.4) is 0 Å². The Morgan fingerprint density at radius 2 is 1.61 bits per heavy atom. The van der Waals surface area contributed by atoms with Gasteiger partial charge in [0.2, 0.25) is 5.91 Å². The second-order valence-corrected chi connectivity index (χ2v) is 7.20. The van der Waals surface area contributed by atoms with Gasteiger partial charge in [-0.15, -0.1) is 0 Å². The molecule has 0 saturated carbocycles. The van der Waals surface area contributed by atoms with E-state index in [1.54, 1.807) is 25.3 Å². The molecule has 3 aromatic carbocycles. The zero-order valence-corrected chi connectivity index (χ0v) is 17.8. The van der Waals surface area contributed by atoms with Gasteiger partial charge in [-0.2, -0.15) is 0 Å². The average molecular weight is 422 g/mol.